The zero-order chi connectivity index (χ0) is 17.9. The van der Waals surface area contributed by atoms with Crippen molar-refractivity contribution in [1.29, 1.82) is 0 Å². The van der Waals surface area contributed by atoms with E-state index in [4.69, 9.17) is 4.74 Å². The molecule has 0 fully saturated rings. The molecule has 0 aliphatic carbocycles. The van der Waals surface area contributed by atoms with Gasteiger partial charge in [-0.1, -0.05) is 0 Å². The predicted octanol–water partition coefficient (Wildman–Crippen LogP) is 3.18. The number of hydrogen-bond donors (Lipinski definition) is 2. The number of aromatic amines is 1. The molecule has 127 valence electrons. The Kier molecular flexibility index (Phi) is 6.95. The number of hydrogen-bond acceptors (Lipinski definition) is 5. The van der Waals surface area contributed by atoms with E-state index < -0.39 is 5.56 Å². The summed E-state index contributed by atoms with van der Waals surface area (Å²) >= 11 is 4.74. The molecule has 0 unspecified atom stereocenters. The van der Waals surface area contributed by atoms with Gasteiger partial charge in [0, 0.05) is 0 Å². The Hall–Kier alpha value is -0.786. The molecular formula is C14H14I2N4O3V. The number of ether oxygens (including phenoxy) is 1. The Morgan fingerprint density at radius 1 is 1.25 bits per heavy atom. The number of aromatic nitrogens is 4. The molecule has 10 heteroatoms. The third-order valence-electron chi connectivity index (χ3n) is 3.42. The van der Waals surface area contributed by atoms with Crippen LogP contribution in [0.5, 0.6) is 11.6 Å². The van der Waals surface area contributed by atoms with E-state index in [2.05, 4.69) is 55.0 Å². The van der Waals surface area contributed by atoms with Crippen molar-refractivity contribution in [2.75, 3.05) is 7.11 Å². The summed E-state index contributed by atoms with van der Waals surface area (Å²) in [5.74, 6) is 0.666. The number of aromatic hydroxyl groups is 1. The first kappa shape index (κ1) is 19.5. The van der Waals surface area contributed by atoms with Crippen LogP contribution >= 0.6 is 40.0 Å². The van der Waals surface area contributed by atoms with E-state index in [0.29, 0.717) is 20.8 Å². The molecule has 0 aliphatic heterocycles. The Labute approximate surface area is 167 Å². The van der Waals surface area contributed by atoms with Crippen molar-refractivity contribution in [2.45, 2.75) is 13.8 Å². The molecule has 1 aromatic carbocycles. The van der Waals surface area contributed by atoms with E-state index in [1.165, 1.54) is 10.8 Å². The first-order valence-corrected chi connectivity index (χ1v) is 15.7. The van der Waals surface area contributed by atoms with Crippen molar-refractivity contribution in [3.63, 3.8) is 0 Å². The van der Waals surface area contributed by atoms with E-state index in [9.17, 15) is 9.90 Å². The summed E-state index contributed by atoms with van der Waals surface area (Å²) in [5, 5.41) is 14.3. The van der Waals surface area contributed by atoms with Gasteiger partial charge in [-0.2, -0.15) is 14.6 Å². The molecule has 0 spiro atoms. The fraction of sp³-hybridized carbons (Fsp3) is 0.214. The molecule has 3 rings (SSSR count). The molecule has 0 radical (unpaired) electrons. The molecule has 7 nitrogen and oxygen atoms in total. The van der Waals surface area contributed by atoms with E-state index in [0.717, 1.165) is 11.1 Å². The first-order valence-electron chi connectivity index (χ1n) is 6.67. The predicted molar refractivity (Wildman–Crippen MR) is 105 cm³/mol. The standard InChI is InChI=1S/C14H14N4O3.2HI.V/c1-7-4-9(21-3)5-8(2)10(7)11-12(19)17-14-15-6-16-18(14)13(11)20;;;/h4-6,20H,1-3H3,(H,15,16,17,19);2*1H;/q;;;+2/p-2. The summed E-state index contributed by atoms with van der Waals surface area (Å²) in [4.78, 5) is 18.8. The molecule has 0 saturated carbocycles. The normalized spacial score (nSPS) is 10.2. The fourth-order valence-corrected chi connectivity index (χ4v) is 2.51. The van der Waals surface area contributed by atoms with Gasteiger partial charge in [-0.05, 0) is 42.7 Å². The fourth-order valence-electron chi connectivity index (χ4n) is 2.51. The van der Waals surface area contributed by atoms with Crippen molar-refractivity contribution in [3.05, 3.63) is 39.9 Å². The zero-order valence-corrected chi connectivity index (χ0v) is 18.8. The van der Waals surface area contributed by atoms with E-state index in [1.54, 1.807) is 7.11 Å². The van der Waals surface area contributed by atoms with Gasteiger partial charge in [-0.3, -0.25) is 9.78 Å². The van der Waals surface area contributed by atoms with Crippen LogP contribution in [-0.2, 0) is 9.47 Å². The average molecular weight is 591 g/mol. The van der Waals surface area contributed by atoms with Gasteiger partial charge in [0.25, 0.3) is 5.56 Å². The van der Waals surface area contributed by atoms with Gasteiger partial charge in [0.05, 0.1) is 7.11 Å². The van der Waals surface area contributed by atoms with E-state index in [1.807, 2.05) is 26.0 Å². The minimum absolute atomic E-state index is 0.172. The van der Waals surface area contributed by atoms with Gasteiger partial charge in [0.1, 0.15) is 17.6 Å². The Bertz CT molecular complexity index is 903. The molecule has 0 atom stereocenters. The number of fused-ring (bicyclic) bond motifs is 1. The van der Waals surface area contributed by atoms with Crippen molar-refractivity contribution < 1.29 is 19.3 Å². The van der Waals surface area contributed by atoms with Crippen LogP contribution in [0.3, 0.4) is 0 Å². The van der Waals surface area contributed by atoms with Crippen LogP contribution in [0.25, 0.3) is 16.9 Å². The van der Waals surface area contributed by atoms with Crippen molar-refractivity contribution in [3.8, 4) is 22.8 Å². The average Bonchev–Trinajstić information content (AvgIpc) is 2.98. The Balaban J connectivity index is 0.000000647. The number of nitrogens with one attached hydrogen (secondary N) is 1. The second-order valence-corrected chi connectivity index (χ2v) is 16.6. The first-order chi connectivity index (χ1) is 11.4. The van der Waals surface area contributed by atoms with Crippen LogP contribution in [0.4, 0.5) is 0 Å². The maximum absolute atomic E-state index is 12.3. The number of H-pyrrole nitrogens is 1. The number of rotatable bonds is 2. The van der Waals surface area contributed by atoms with Crippen molar-refractivity contribution in [2.24, 2.45) is 0 Å². The van der Waals surface area contributed by atoms with E-state index >= 15 is 0 Å². The number of benzene rings is 1. The molecule has 0 bridgehead atoms. The van der Waals surface area contributed by atoms with Crippen LogP contribution < -0.4 is 10.3 Å². The molecule has 3 aromatic rings. The summed E-state index contributed by atoms with van der Waals surface area (Å²) in [6.07, 6.45) is 1.27. The van der Waals surface area contributed by atoms with Crippen LogP contribution in [0, 0.1) is 13.8 Å². The molecule has 2 aromatic heterocycles. The molecule has 0 saturated heterocycles. The second-order valence-electron chi connectivity index (χ2n) is 4.85. The summed E-state index contributed by atoms with van der Waals surface area (Å²) < 4.78 is 6.40. The number of halogens is 2. The molecular weight excluding hydrogens is 577 g/mol. The van der Waals surface area contributed by atoms with Crippen LogP contribution in [-0.4, -0.2) is 31.8 Å². The third-order valence-corrected chi connectivity index (χ3v) is 3.42. The quantitative estimate of drug-likeness (QED) is 0.448. The number of nitrogens with zero attached hydrogens (tertiary/aromatic N) is 3. The summed E-state index contributed by atoms with van der Waals surface area (Å²) in [6.45, 7) is 3.71. The maximum atomic E-state index is 12.3. The van der Waals surface area contributed by atoms with Gasteiger partial charge >= 0.3 is 49.4 Å². The molecule has 24 heavy (non-hydrogen) atoms. The topological polar surface area (TPSA) is 92.5 Å². The monoisotopic (exact) mass is 591 g/mol. The molecule has 0 amide bonds. The van der Waals surface area contributed by atoms with Crippen molar-refractivity contribution in [1.82, 2.24) is 19.6 Å². The minimum atomic E-state index is -0.413. The zero-order valence-electron chi connectivity index (χ0n) is 13.0. The molecule has 2 N–H and O–H groups in total. The Morgan fingerprint density at radius 3 is 2.38 bits per heavy atom. The molecule has 2 heterocycles. The summed E-state index contributed by atoms with van der Waals surface area (Å²) in [5.41, 5.74) is 2.07. The van der Waals surface area contributed by atoms with Crippen molar-refractivity contribution >= 4 is 45.7 Å². The van der Waals surface area contributed by atoms with Gasteiger partial charge in [0.2, 0.25) is 11.7 Å². The number of methoxy groups -OCH3 is 1. The van der Waals surface area contributed by atoms with Crippen LogP contribution in [0.15, 0.2) is 23.3 Å². The summed E-state index contributed by atoms with van der Waals surface area (Å²) in [7, 11) is 2.21. The van der Waals surface area contributed by atoms with Gasteiger partial charge in [0.15, 0.2) is 0 Å². The van der Waals surface area contributed by atoms with Crippen LogP contribution in [0.1, 0.15) is 11.1 Å². The second kappa shape index (κ2) is 8.54. The molecule has 0 aliphatic rings. The SMILES string of the molecule is COc1cc(C)c(-c2c(O)n3ncnc3[nH]c2=O)c(C)c1.[I][V][I]. The van der Waals surface area contributed by atoms with E-state index in [-0.39, 0.29) is 17.2 Å². The van der Waals surface area contributed by atoms with Crippen LogP contribution in [0.2, 0.25) is 0 Å². The number of aryl methyl sites for hydroxylation is 2. The summed E-state index contributed by atoms with van der Waals surface area (Å²) in [6, 6.07) is 3.62. The Morgan fingerprint density at radius 2 is 1.83 bits per heavy atom. The van der Waals surface area contributed by atoms with Gasteiger partial charge in [-0.25, -0.2) is 0 Å². The van der Waals surface area contributed by atoms with Gasteiger partial charge < -0.3 is 9.84 Å². The van der Waals surface area contributed by atoms with Gasteiger partial charge in [-0.15, -0.1) is 0 Å². The third kappa shape index (κ3) is 3.89.